The first-order valence-corrected chi connectivity index (χ1v) is 9.67. The quantitative estimate of drug-likeness (QED) is 0.434. The molecule has 0 spiro atoms. The van der Waals surface area contributed by atoms with Gasteiger partial charge in [-0.3, -0.25) is 0 Å². The largest absolute Gasteiger partial charge is 1.00 e. The van der Waals surface area contributed by atoms with Crippen LogP contribution >= 0.6 is 0 Å². The molecule has 0 radical (unpaired) electrons. The number of aliphatic carboxylic acids is 1. The van der Waals surface area contributed by atoms with Gasteiger partial charge < -0.3 is 20.1 Å². The topological polar surface area (TPSA) is 80.6 Å². The third-order valence-electron chi connectivity index (χ3n) is 4.59. The average Bonchev–Trinajstić information content (AvgIpc) is 2.66. The summed E-state index contributed by atoms with van der Waals surface area (Å²) < 4.78 is 26.9. The van der Waals surface area contributed by atoms with E-state index in [1.165, 1.54) is 30.3 Å². The molecule has 0 aliphatic carbocycles. The minimum absolute atomic E-state index is 0. The van der Waals surface area contributed by atoms with Crippen molar-refractivity contribution in [1.82, 2.24) is 0 Å². The molecule has 0 aliphatic heterocycles. The van der Waals surface area contributed by atoms with Crippen molar-refractivity contribution in [2.75, 3.05) is 0 Å². The van der Waals surface area contributed by atoms with Gasteiger partial charge in [0.25, 0.3) is 0 Å². The van der Waals surface area contributed by atoms with Crippen LogP contribution in [0.2, 0.25) is 0 Å². The van der Waals surface area contributed by atoms with Crippen LogP contribution in [-0.4, -0.2) is 28.4 Å². The van der Waals surface area contributed by atoms with E-state index in [0.717, 1.165) is 22.3 Å². The molecule has 2 aromatic carbocycles. The van der Waals surface area contributed by atoms with Gasteiger partial charge in [-0.1, -0.05) is 50.3 Å². The number of halogens is 2. The third kappa shape index (κ3) is 8.67. The fourth-order valence-corrected chi connectivity index (χ4v) is 3.15. The Kier molecular flexibility index (Phi) is 11.3. The van der Waals surface area contributed by atoms with Gasteiger partial charge in [0.2, 0.25) is 0 Å². The maximum atomic E-state index is 13.4. The van der Waals surface area contributed by atoms with E-state index in [-0.39, 0.29) is 53.5 Å². The van der Waals surface area contributed by atoms with Gasteiger partial charge in [0.1, 0.15) is 11.6 Å². The molecule has 7 heteroatoms. The molecule has 0 bridgehead atoms. The van der Waals surface area contributed by atoms with E-state index in [1.807, 2.05) is 13.8 Å². The molecule has 160 valence electrons. The van der Waals surface area contributed by atoms with Gasteiger partial charge >= 0.3 is 29.6 Å². The number of aliphatic hydroxyl groups is 2. The van der Waals surface area contributed by atoms with Crippen LogP contribution in [0.5, 0.6) is 0 Å². The second-order valence-electron chi connectivity index (χ2n) is 7.39. The summed E-state index contributed by atoms with van der Waals surface area (Å²) in [5, 5.41) is 30.4. The Morgan fingerprint density at radius 1 is 0.968 bits per heavy atom. The zero-order chi connectivity index (χ0) is 22.3. The van der Waals surface area contributed by atoms with E-state index in [1.54, 1.807) is 30.3 Å². The van der Waals surface area contributed by atoms with Crippen LogP contribution in [0.25, 0.3) is 5.57 Å². The molecule has 0 heterocycles. The normalized spacial score (nSPS) is 13.0. The first-order valence-electron chi connectivity index (χ1n) is 9.67. The van der Waals surface area contributed by atoms with E-state index >= 15 is 0 Å². The number of hydrogen-bond donors (Lipinski definition) is 2. The summed E-state index contributed by atoms with van der Waals surface area (Å²) in [4.78, 5) is 10.6. The van der Waals surface area contributed by atoms with Gasteiger partial charge in [0, 0.05) is 18.8 Å². The maximum absolute atomic E-state index is 13.4. The maximum Gasteiger partial charge on any atom is 1.00 e. The van der Waals surface area contributed by atoms with Crippen molar-refractivity contribution in [2.45, 2.75) is 38.9 Å². The Balaban J connectivity index is 0.00000480. The Labute approximate surface area is 203 Å². The summed E-state index contributed by atoms with van der Waals surface area (Å²) >= 11 is 0. The molecule has 0 saturated heterocycles. The molecule has 0 unspecified atom stereocenters. The number of rotatable bonds is 9. The monoisotopic (exact) mass is 438 g/mol. The molecule has 0 fully saturated rings. The van der Waals surface area contributed by atoms with Gasteiger partial charge in [-0.2, -0.15) is 0 Å². The van der Waals surface area contributed by atoms with E-state index in [4.69, 9.17) is 0 Å². The number of carboxylic acids is 1. The number of carbonyl (C=O) groups excluding carboxylic acids is 1. The van der Waals surface area contributed by atoms with Gasteiger partial charge in [-0.15, -0.1) is 0 Å². The van der Waals surface area contributed by atoms with Crippen molar-refractivity contribution in [1.29, 1.82) is 0 Å². The molecule has 4 nitrogen and oxygen atoms in total. The summed E-state index contributed by atoms with van der Waals surface area (Å²) in [6.07, 6.45) is 0.154. The molecule has 2 rings (SSSR count). The Morgan fingerprint density at radius 2 is 1.42 bits per heavy atom. The van der Waals surface area contributed by atoms with E-state index in [0.29, 0.717) is 0 Å². The minimum atomic E-state index is -1.39. The fourth-order valence-electron chi connectivity index (χ4n) is 3.15. The van der Waals surface area contributed by atoms with Gasteiger partial charge in [0.15, 0.2) is 0 Å². The second-order valence-corrected chi connectivity index (χ2v) is 7.39. The van der Waals surface area contributed by atoms with Crippen molar-refractivity contribution < 1.29 is 58.5 Å². The number of benzene rings is 2. The number of carbonyl (C=O) groups is 1. The zero-order valence-corrected chi connectivity index (χ0v) is 19.9. The van der Waals surface area contributed by atoms with Crippen molar-refractivity contribution in [3.05, 3.63) is 89.0 Å². The molecule has 0 aromatic heterocycles. The van der Waals surface area contributed by atoms with Crippen LogP contribution in [0.1, 0.15) is 37.8 Å². The van der Waals surface area contributed by atoms with Gasteiger partial charge in [-0.25, -0.2) is 8.78 Å². The van der Waals surface area contributed by atoms with Crippen LogP contribution in [0, 0.1) is 17.6 Å². The molecule has 0 amide bonds. The predicted octanol–water partition coefficient (Wildman–Crippen LogP) is 0.235. The molecule has 2 N–H and O–H groups in total. The summed E-state index contributed by atoms with van der Waals surface area (Å²) in [7, 11) is 0. The molecule has 0 aliphatic rings. The molecule has 31 heavy (non-hydrogen) atoms. The Bertz CT molecular complexity index is 859. The summed E-state index contributed by atoms with van der Waals surface area (Å²) in [5.74, 6) is -2.16. The van der Waals surface area contributed by atoms with Crippen molar-refractivity contribution in [3.8, 4) is 0 Å². The summed E-state index contributed by atoms with van der Waals surface area (Å²) in [6.45, 7) is 3.90. The molecular weight excluding hydrogens is 413 g/mol. The molecule has 0 saturated carbocycles. The summed E-state index contributed by atoms with van der Waals surface area (Å²) in [6, 6.07) is 11.9. The number of aliphatic hydroxyl groups excluding tert-OH is 2. The molecular formula is C24H25F2NaO4. The number of hydrogen-bond acceptors (Lipinski definition) is 4. The number of carboxylic acid groups (broad SMARTS) is 1. The Morgan fingerprint density at radius 3 is 1.81 bits per heavy atom. The summed E-state index contributed by atoms with van der Waals surface area (Å²) in [5.41, 5.74) is 3.01. The minimum Gasteiger partial charge on any atom is -0.550 e. The van der Waals surface area contributed by atoms with Crippen LogP contribution in [0.15, 0.2) is 66.3 Å². The van der Waals surface area contributed by atoms with Crippen LogP contribution in [0.4, 0.5) is 8.78 Å². The standard InChI is InChI=1S/C24H26F2O4.Na/c1-15(2)22(12-11-20(27)13-21(28)14-23(29)30)24(16-3-7-18(25)8-4-16)17-5-9-19(26)10-6-17;/h3-12,15,20-21,27-28H,13-14H2,1-2H3,(H,29,30);/q;+1/p-1/b12-11+;/t20-,21-;/m1./s1. The average molecular weight is 438 g/mol. The first-order chi connectivity index (χ1) is 14.2. The molecule has 2 aromatic rings. The number of allylic oxidation sites excluding steroid dienone is 2. The first kappa shape index (κ1) is 27.2. The third-order valence-corrected chi connectivity index (χ3v) is 4.59. The molecule has 2 atom stereocenters. The second kappa shape index (κ2) is 12.9. The Hall–Kier alpha value is -1.83. The van der Waals surface area contributed by atoms with Crippen molar-refractivity contribution in [3.63, 3.8) is 0 Å². The fraction of sp³-hybridized carbons (Fsp3) is 0.292. The van der Waals surface area contributed by atoms with E-state index < -0.39 is 24.6 Å². The van der Waals surface area contributed by atoms with Crippen LogP contribution in [-0.2, 0) is 4.79 Å². The van der Waals surface area contributed by atoms with Gasteiger partial charge in [-0.05, 0) is 52.5 Å². The van der Waals surface area contributed by atoms with E-state index in [9.17, 15) is 28.9 Å². The van der Waals surface area contributed by atoms with E-state index in [2.05, 4.69) is 0 Å². The van der Waals surface area contributed by atoms with Crippen molar-refractivity contribution >= 4 is 11.5 Å². The zero-order valence-electron chi connectivity index (χ0n) is 17.9. The smallest absolute Gasteiger partial charge is 0.550 e. The van der Waals surface area contributed by atoms with Crippen LogP contribution < -0.4 is 34.7 Å². The van der Waals surface area contributed by atoms with Crippen LogP contribution in [0.3, 0.4) is 0 Å². The SMILES string of the molecule is CC(C)C(/C=C/[C@@H](O)C[C@@H](O)CC(=O)[O-])=C(c1ccc(F)cc1)c1ccc(F)cc1.[Na+]. The van der Waals surface area contributed by atoms with Crippen molar-refractivity contribution in [2.24, 2.45) is 5.92 Å². The predicted molar refractivity (Wildman–Crippen MR) is 109 cm³/mol. The van der Waals surface area contributed by atoms with Gasteiger partial charge in [0.05, 0.1) is 12.2 Å².